The molecular weight excluding hydrogens is 318 g/mol. The quantitative estimate of drug-likeness (QED) is 0.770. The van der Waals surface area contributed by atoms with Crippen molar-refractivity contribution in [2.75, 3.05) is 11.5 Å². The molecule has 0 aromatic carbocycles. The molecule has 1 aromatic rings. The maximum absolute atomic E-state index is 12.1. The normalized spacial score (nSPS) is 23.0. The Morgan fingerprint density at radius 3 is 2.83 bits per heavy atom. The van der Waals surface area contributed by atoms with Crippen molar-refractivity contribution in [1.82, 2.24) is 15.1 Å². The molecule has 7 nitrogen and oxygen atoms in total. The lowest BCUT2D eigenvalue weighted by molar-refractivity contribution is -0.122. The zero-order valence-corrected chi connectivity index (χ0v) is 13.8. The number of nitrogens with one attached hydrogen (secondary N) is 1. The Bertz CT molecular complexity index is 769. The van der Waals surface area contributed by atoms with Crippen molar-refractivity contribution in [3.05, 3.63) is 27.7 Å². The average Bonchev–Trinajstić information content (AvgIpc) is 2.68. The van der Waals surface area contributed by atoms with Gasteiger partial charge >= 0.3 is 0 Å². The van der Waals surface area contributed by atoms with Crippen molar-refractivity contribution in [2.24, 2.45) is 0 Å². The number of sulfone groups is 1. The minimum Gasteiger partial charge on any atom is -0.351 e. The Morgan fingerprint density at radius 1 is 1.30 bits per heavy atom. The minimum absolute atomic E-state index is 0.0226. The molecule has 1 aliphatic carbocycles. The van der Waals surface area contributed by atoms with Crippen molar-refractivity contribution in [3.8, 4) is 0 Å². The van der Waals surface area contributed by atoms with E-state index < -0.39 is 9.84 Å². The van der Waals surface area contributed by atoms with E-state index >= 15 is 0 Å². The Labute approximate surface area is 135 Å². The van der Waals surface area contributed by atoms with E-state index in [1.165, 1.54) is 4.68 Å². The highest BCUT2D eigenvalue weighted by atomic mass is 32.2. The van der Waals surface area contributed by atoms with Crippen molar-refractivity contribution in [1.29, 1.82) is 0 Å². The second-order valence-electron chi connectivity index (χ2n) is 6.34. The first kappa shape index (κ1) is 16.2. The molecule has 8 heteroatoms. The lowest BCUT2D eigenvalue weighted by atomic mass is 10.1. The monoisotopic (exact) mass is 339 g/mol. The van der Waals surface area contributed by atoms with Crippen LogP contribution in [0.5, 0.6) is 0 Å². The van der Waals surface area contributed by atoms with E-state index in [1.807, 2.05) is 0 Å². The SMILES string of the molecule is O=C(Cn1nc2c(cc1=O)CCCCC2)N[C@@H]1CCS(=O)(=O)C1. The molecule has 23 heavy (non-hydrogen) atoms. The molecule has 2 heterocycles. The molecule has 0 radical (unpaired) electrons. The summed E-state index contributed by atoms with van der Waals surface area (Å²) >= 11 is 0. The van der Waals surface area contributed by atoms with Crippen molar-refractivity contribution in [3.63, 3.8) is 0 Å². The molecule has 0 bridgehead atoms. The number of fused-ring (bicyclic) bond motifs is 1. The standard InChI is InChI=1S/C15H21N3O4S/c19-14(16-12-6-7-23(21,22)10-12)9-18-15(20)8-11-4-2-1-3-5-13(11)17-18/h8,12H,1-7,9-10H2,(H,16,19)/t12-/m1/s1. The third kappa shape index (κ3) is 3.99. The Hall–Kier alpha value is -1.70. The van der Waals surface area contributed by atoms with E-state index in [0.29, 0.717) is 6.42 Å². The summed E-state index contributed by atoms with van der Waals surface area (Å²) in [7, 11) is -3.04. The predicted molar refractivity (Wildman–Crippen MR) is 85.0 cm³/mol. The first-order valence-electron chi connectivity index (χ1n) is 8.03. The summed E-state index contributed by atoms with van der Waals surface area (Å²) in [5, 5.41) is 7.03. The van der Waals surface area contributed by atoms with Gasteiger partial charge in [-0.3, -0.25) is 9.59 Å². The van der Waals surface area contributed by atoms with Gasteiger partial charge in [0.05, 0.1) is 17.2 Å². The average molecular weight is 339 g/mol. The maximum Gasteiger partial charge on any atom is 0.267 e. The highest BCUT2D eigenvalue weighted by Crippen LogP contribution is 2.16. The van der Waals surface area contributed by atoms with E-state index in [1.54, 1.807) is 6.07 Å². The largest absolute Gasteiger partial charge is 0.351 e. The molecule has 126 valence electrons. The Morgan fingerprint density at radius 2 is 2.09 bits per heavy atom. The molecule has 0 unspecified atom stereocenters. The molecule has 0 spiro atoms. The smallest absolute Gasteiger partial charge is 0.267 e. The summed E-state index contributed by atoms with van der Waals surface area (Å²) in [5.74, 6) is -0.282. The van der Waals surface area contributed by atoms with E-state index in [4.69, 9.17) is 0 Å². The maximum atomic E-state index is 12.1. The number of hydrogen-bond acceptors (Lipinski definition) is 5. The fourth-order valence-corrected chi connectivity index (χ4v) is 4.88. The van der Waals surface area contributed by atoms with Crippen LogP contribution in [0.2, 0.25) is 0 Å². The van der Waals surface area contributed by atoms with Crippen LogP contribution in [-0.4, -0.2) is 41.7 Å². The number of carbonyl (C=O) groups excluding carboxylic acids is 1. The minimum atomic E-state index is -3.04. The summed E-state index contributed by atoms with van der Waals surface area (Å²) in [5.41, 5.74) is 1.62. The van der Waals surface area contributed by atoms with Crippen LogP contribution >= 0.6 is 0 Å². The van der Waals surface area contributed by atoms with Gasteiger partial charge in [0.2, 0.25) is 5.91 Å². The van der Waals surface area contributed by atoms with Crippen LogP contribution in [0, 0.1) is 0 Å². The number of carbonyl (C=O) groups is 1. The number of aryl methyl sites for hydroxylation is 2. The Kier molecular flexibility index (Phi) is 4.52. The van der Waals surface area contributed by atoms with Crippen LogP contribution in [0.3, 0.4) is 0 Å². The third-order valence-corrected chi connectivity index (χ3v) is 6.18. The van der Waals surface area contributed by atoms with Gasteiger partial charge in [-0.15, -0.1) is 0 Å². The first-order valence-corrected chi connectivity index (χ1v) is 9.85. The van der Waals surface area contributed by atoms with Crippen LogP contribution in [0.15, 0.2) is 10.9 Å². The van der Waals surface area contributed by atoms with Crippen LogP contribution in [0.25, 0.3) is 0 Å². The third-order valence-electron chi connectivity index (χ3n) is 4.41. The zero-order chi connectivity index (χ0) is 16.4. The fraction of sp³-hybridized carbons (Fsp3) is 0.667. The predicted octanol–water partition coefficient (Wildman–Crippen LogP) is -0.184. The summed E-state index contributed by atoms with van der Waals surface area (Å²) in [4.78, 5) is 24.2. The summed E-state index contributed by atoms with van der Waals surface area (Å²) < 4.78 is 24.0. The molecular formula is C15H21N3O4S. The van der Waals surface area contributed by atoms with Crippen LogP contribution < -0.4 is 10.9 Å². The number of amides is 1. The van der Waals surface area contributed by atoms with Crippen LogP contribution in [0.4, 0.5) is 0 Å². The lowest BCUT2D eigenvalue weighted by Crippen LogP contribution is -2.40. The number of aromatic nitrogens is 2. The van der Waals surface area contributed by atoms with Gasteiger partial charge in [-0.05, 0) is 37.7 Å². The fourth-order valence-electron chi connectivity index (χ4n) is 3.21. The zero-order valence-electron chi connectivity index (χ0n) is 13.0. The Balaban J connectivity index is 1.69. The van der Waals surface area contributed by atoms with Crippen molar-refractivity contribution < 1.29 is 13.2 Å². The highest BCUT2D eigenvalue weighted by molar-refractivity contribution is 7.91. The van der Waals surface area contributed by atoms with Gasteiger partial charge in [0, 0.05) is 12.1 Å². The first-order chi connectivity index (χ1) is 10.9. The number of nitrogens with zero attached hydrogens (tertiary/aromatic N) is 2. The van der Waals surface area contributed by atoms with Gasteiger partial charge in [-0.25, -0.2) is 13.1 Å². The lowest BCUT2D eigenvalue weighted by Gasteiger charge is -2.13. The van der Waals surface area contributed by atoms with E-state index in [0.717, 1.165) is 43.4 Å². The topological polar surface area (TPSA) is 98.1 Å². The molecule has 1 N–H and O–H groups in total. The van der Waals surface area contributed by atoms with Gasteiger partial charge < -0.3 is 5.32 Å². The number of rotatable bonds is 3. The second-order valence-corrected chi connectivity index (χ2v) is 8.57. The number of hydrogen-bond donors (Lipinski definition) is 1. The summed E-state index contributed by atoms with van der Waals surface area (Å²) in [6.07, 6.45) is 5.36. The van der Waals surface area contributed by atoms with E-state index in [-0.39, 0.29) is 35.6 Å². The molecule has 1 aromatic heterocycles. The second kappa shape index (κ2) is 6.43. The molecule has 1 amide bonds. The molecule has 2 aliphatic rings. The van der Waals surface area contributed by atoms with Crippen LogP contribution in [-0.2, 0) is 34.0 Å². The molecule has 1 fully saturated rings. The summed E-state index contributed by atoms with van der Waals surface area (Å²) in [6.45, 7) is -0.164. The molecule has 3 rings (SSSR count). The molecule has 1 atom stereocenters. The van der Waals surface area contributed by atoms with Gasteiger partial charge in [-0.1, -0.05) is 6.42 Å². The van der Waals surface area contributed by atoms with Crippen molar-refractivity contribution in [2.45, 2.75) is 51.1 Å². The highest BCUT2D eigenvalue weighted by Gasteiger charge is 2.29. The summed E-state index contributed by atoms with van der Waals surface area (Å²) in [6, 6.07) is 1.23. The molecule has 1 aliphatic heterocycles. The van der Waals surface area contributed by atoms with Gasteiger partial charge in [-0.2, -0.15) is 5.10 Å². The van der Waals surface area contributed by atoms with E-state index in [9.17, 15) is 18.0 Å². The molecule has 0 saturated carbocycles. The molecule has 1 saturated heterocycles. The van der Waals surface area contributed by atoms with Crippen LogP contribution in [0.1, 0.15) is 36.9 Å². The van der Waals surface area contributed by atoms with E-state index in [2.05, 4.69) is 10.4 Å². The van der Waals surface area contributed by atoms with Gasteiger partial charge in [0.15, 0.2) is 9.84 Å². The van der Waals surface area contributed by atoms with Crippen molar-refractivity contribution >= 4 is 15.7 Å². The van der Waals surface area contributed by atoms with Gasteiger partial charge in [0.25, 0.3) is 5.56 Å². The van der Waals surface area contributed by atoms with Gasteiger partial charge in [0.1, 0.15) is 6.54 Å².